The van der Waals surface area contributed by atoms with Gasteiger partial charge in [0.05, 0.1) is 26.4 Å². The van der Waals surface area contributed by atoms with Crippen LogP contribution in [-0.2, 0) is 32.0 Å². The minimum absolute atomic E-state index is 0.0798. The van der Waals surface area contributed by atoms with Crippen molar-refractivity contribution in [2.24, 2.45) is 11.8 Å². The van der Waals surface area contributed by atoms with Crippen molar-refractivity contribution in [1.82, 2.24) is 26.4 Å². The van der Waals surface area contributed by atoms with Gasteiger partial charge in [-0.2, -0.15) is 0 Å². The van der Waals surface area contributed by atoms with E-state index < -0.39 is 48.2 Å². The van der Waals surface area contributed by atoms with E-state index in [2.05, 4.69) is 40.1 Å². The third kappa shape index (κ3) is 13.2. The molecule has 0 saturated heterocycles. The molecule has 0 fully saturated rings. The number of carbonyl (C=O) groups is 4. The van der Waals surface area contributed by atoms with E-state index in [9.17, 15) is 24.3 Å². The lowest BCUT2D eigenvalue weighted by Crippen LogP contribution is -2.59. The third-order valence-corrected chi connectivity index (χ3v) is 8.57. The lowest BCUT2D eigenvalue weighted by atomic mass is 9.98. The number of aliphatic hydroxyl groups excluding tert-OH is 1. The minimum Gasteiger partial charge on any atom is -0.453 e. The summed E-state index contributed by atoms with van der Waals surface area (Å²) in [5, 5.41) is 21.5. The largest absolute Gasteiger partial charge is 0.453 e. The van der Waals surface area contributed by atoms with Gasteiger partial charge in [0, 0.05) is 31.9 Å². The van der Waals surface area contributed by atoms with Crippen LogP contribution in [0.15, 0.2) is 54.6 Å². The molecule has 5 N–H and O–H groups in total. The molecule has 4 amide bonds. The summed E-state index contributed by atoms with van der Waals surface area (Å²) in [6.45, 7) is 13.4. The zero-order valence-electron chi connectivity index (χ0n) is 30.2. The van der Waals surface area contributed by atoms with Crippen LogP contribution in [0.4, 0.5) is 15.3 Å². The summed E-state index contributed by atoms with van der Waals surface area (Å²) in [6.07, 6.45) is -1.77. The van der Waals surface area contributed by atoms with E-state index in [1.54, 1.807) is 18.9 Å². The number of nitrogens with one attached hydrogen (secondary N) is 4. The molecular formula is C36H56N6O7. The maximum Gasteiger partial charge on any atom is 0.407 e. The topological polar surface area (TPSA) is 162 Å². The Bertz CT molecular complexity index is 1310. The van der Waals surface area contributed by atoms with Crippen molar-refractivity contribution < 1.29 is 33.8 Å². The first-order valence-electron chi connectivity index (χ1n) is 17.0. The molecule has 0 aliphatic carbocycles. The second-order valence-corrected chi connectivity index (χ2v) is 12.4. The summed E-state index contributed by atoms with van der Waals surface area (Å²) in [4.78, 5) is 53.6. The Kier molecular flexibility index (Phi) is 17.4. The minimum atomic E-state index is -1.18. The van der Waals surface area contributed by atoms with Crippen molar-refractivity contribution in [3.05, 3.63) is 65.7 Å². The van der Waals surface area contributed by atoms with E-state index in [1.165, 1.54) is 14.2 Å². The van der Waals surface area contributed by atoms with Crippen LogP contribution in [0.2, 0.25) is 0 Å². The van der Waals surface area contributed by atoms with Crippen LogP contribution in [0.3, 0.4) is 0 Å². The van der Waals surface area contributed by atoms with E-state index in [0.717, 1.165) is 29.9 Å². The molecule has 0 heterocycles. The van der Waals surface area contributed by atoms with E-state index in [1.807, 2.05) is 68.4 Å². The van der Waals surface area contributed by atoms with E-state index >= 15 is 0 Å². The molecule has 13 nitrogen and oxygen atoms in total. The molecule has 272 valence electrons. The number of ether oxygens (including phenoxy) is 2. The van der Waals surface area contributed by atoms with Crippen molar-refractivity contribution in [2.45, 2.75) is 85.2 Å². The van der Waals surface area contributed by atoms with Crippen molar-refractivity contribution in [2.75, 3.05) is 38.8 Å². The predicted molar refractivity (Wildman–Crippen MR) is 190 cm³/mol. The number of aliphatic hydroxyl groups is 1. The van der Waals surface area contributed by atoms with Crippen LogP contribution in [0.5, 0.6) is 0 Å². The van der Waals surface area contributed by atoms with Gasteiger partial charge in [0.1, 0.15) is 12.1 Å². The van der Waals surface area contributed by atoms with Crippen molar-refractivity contribution in [3.63, 3.8) is 0 Å². The number of benzene rings is 2. The number of anilines is 1. The van der Waals surface area contributed by atoms with Gasteiger partial charge in [0.25, 0.3) is 5.91 Å². The van der Waals surface area contributed by atoms with Gasteiger partial charge in [0.2, 0.25) is 5.91 Å². The van der Waals surface area contributed by atoms with E-state index in [4.69, 9.17) is 9.47 Å². The Morgan fingerprint density at radius 1 is 0.755 bits per heavy atom. The average Bonchev–Trinajstić information content (AvgIpc) is 3.09. The molecule has 0 aliphatic rings. The normalized spacial score (nSPS) is 14.2. The summed E-state index contributed by atoms with van der Waals surface area (Å²) in [6, 6.07) is 14.7. The van der Waals surface area contributed by atoms with Gasteiger partial charge in [-0.3, -0.25) is 15.0 Å². The molecule has 0 spiro atoms. The summed E-state index contributed by atoms with van der Waals surface area (Å²) >= 11 is 0. The smallest absolute Gasteiger partial charge is 0.407 e. The molecule has 0 aliphatic heterocycles. The Hall–Kier alpha value is -4.36. The standard InChI is InChI=1S/C36H56N6O7/c1-9-25(6)32(39-36(47)49-8)34(45)40-42(22-27-17-19-28(20-18-27)41(10-2)11-3)23-30(43)29(21-26-15-13-12-14-16-26)37-33(44)31(24(4)5)38-35(46)48-7/h12-20,24-25,29-32,43H,9-11,21-23H2,1-8H3,(H,37,44)(H,38,46)(H,39,47)(H,40,45)/t25?,29?,30?,31-,32-/m0/s1. The lowest BCUT2D eigenvalue weighted by Gasteiger charge is -2.33. The highest BCUT2D eigenvalue weighted by atomic mass is 16.5. The highest BCUT2D eigenvalue weighted by Crippen LogP contribution is 2.17. The van der Waals surface area contributed by atoms with Gasteiger partial charge < -0.3 is 35.4 Å². The fraction of sp³-hybridized carbons (Fsp3) is 0.556. The number of hydrazine groups is 1. The van der Waals surface area contributed by atoms with E-state index in [0.29, 0.717) is 6.42 Å². The number of rotatable bonds is 19. The number of hydrogen-bond donors (Lipinski definition) is 5. The zero-order valence-corrected chi connectivity index (χ0v) is 30.2. The van der Waals surface area contributed by atoms with Gasteiger partial charge in [0.15, 0.2) is 0 Å². The molecular weight excluding hydrogens is 628 g/mol. The Morgan fingerprint density at radius 3 is 1.84 bits per heavy atom. The monoisotopic (exact) mass is 684 g/mol. The Morgan fingerprint density at radius 2 is 1.33 bits per heavy atom. The van der Waals surface area contributed by atoms with Crippen molar-refractivity contribution in [1.29, 1.82) is 0 Å². The van der Waals surface area contributed by atoms with Crippen molar-refractivity contribution >= 4 is 29.7 Å². The molecule has 0 radical (unpaired) electrons. The lowest BCUT2D eigenvalue weighted by molar-refractivity contribution is -0.131. The summed E-state index contributed by atoms with van der Waals surface area (Å²) in [5.74, 6) is -1.46. The molecule has 0 aromatic heterocycles. The predicted octanol–water partition coefficient (Wildman–Crippen LogP) is 3.61. The molecule has 5 atom stereocenters. The van der Waals surface area contributed by atoms with Crippen LogP contribution < -0.4 is 26.3 Å². The molecule has 13 heteroatoms. The fourth-order valence-corrected chi connectivity index (χ4v) is 5.38. The van der Waals surface area contributed by atoms with Gasteiger partial charge in [-0.25, -0.2) is 14.6 Å². The number of methoxy groups -OCH3 is 2. The van der Waals surface area contributed by atoms with Gasteiger partial charge in [-0.05, 0) is 55.4 Å². The Labute approximate surface area is 291 Å². The highest BCUT2D eigenvalue weighted by Gasteiger charge is 2.32. The summed E-state index contributed by atoms with van der Waals surface area (Å²) in [5.41, 5.74) is 5.72. The molecule has 0 saturated carbocycles. The first kappa shape index (κ1) is 40.8. The molecule has 2 aromatic carbocycles. The molecule has 3 unspecified atom stereocenters. The Balaban J connectivity index is 2.45. The number of alkyl carbamates (subject to hydrolysis) is 2. The maximum atomic E-state index is 13.7. The summed E-state index contributed by atoms with van der Waals surface area (Å²) in [7, 11) is 2.45. The molecule has 49 heavy (non-hydrogen) atoms. The van der Waals surface area contributed by atoms with E-state index in [-0.39, 0.29) is 31.3 Å². The quantitative estimate of drug-likeness (QED) is 0.139. The number of amides is 4. The zero-order chi connectivity index (χ0) is 36.5. The fourth-order valence-electron chi connectivity index (χ4n) is 5.38. The third-order valence-electron chi connectivity index (χ3n) is 8.57. The first-order valence-corrected chi connectivity index (χ1v) is 17.0. The van der Waals surface area contributed by atoms with Gasteiger partial charge >= 0.3 is 12.2 Å². The first-order chi connectivity index (χ1) is 23.4. The summed E-state index contributed by atoms with van der Waals surface area (Å²) < 4.78 is 9.49. The second-order valence-electron chi connectivity index (χ2n) is 12.4. The maximum absolute atomic E-state index is 13.7. The molecule has 2 aromatic rings. The van der Waals surface area contributed by atoms with Crippen LogP contribution in [-0.4, -0.2) is 92.2 Å². The second kappa shape index (κ2) is 20.9. The number of hydrogen-bond acceptors (Lipinski definition) is 9. The molecule has 2 rings (SSSR count). The van der Waals surface area contributed by atoms with Gasteiger partial charge in [-0.1, -0.05) is 76.6 Å². The molecule has 0 bridgehead atoms. The van der Waals surface area contributed by atoms with Crippen LogP contribution >= 0.6 is 0 Å². The van der Waals surface area contributed by atoms with Crippen LogP contribution in [0.25, 0.3) is 0 Å². The highest BCUT2D eigenvalue weighted by molar-refractivity contribution is 5.86. The van der Waals surface area contributed by atoms with Crippen molar-refractivity contribution in [3.8, 4) is 0 Å². The van der Waals surface area contributed by atoms with Gasteiger partial charge in [-0.15, -0.1) is 0 Å². The van der Waals surface area contributed by atoms with Crippen LogP contribution in [0.1, 0.15) is 59.1 Å². The van der Waals surface area contributed by atoms with Crippen LogP contribution in [0, 0.1) is 11.8 Å². The average molecular weight is 685 g/mol. The number of nitrogens with zero attached hydrogens (tertiary/aromatic N) is 2. The SMILES string of the molecule is CCC(C)[C@H](NC(=O)OC)C(=O)NN(Cc1ccc(N(CC)CC)cc1)CC(O)C(Cc1ccccc1)NC(=O)[C@@H](NC(=O)OC)C(C)C. The number of carbonyl (C=O) groups excluding carboxylic acids is 4.